The molecule has 0 aliphatic carbocycles. The lowest BCUT2D eigenvalue weighted by Crippen LogP contribution is -1.86. The highest BCUT2D eigenvalue weighted by molar-refractivity contribution is 14.1. The highest BCUT2D eigenvalue weighted by Crippen LogP contribution is 2.16. The summed E-state index contributed by atoms with van der Waals surface area (Å²) >= 11 is 2.35. The maximum atomic E-state index is 2.35. The molecule has 0 unspecified atom stereocenters. The molecule has 1 heteroatoms. The molecule has 0 saturated heterocycles. The Hall–Kier alpha value is -0.0500. The van der Waals surface area contributed by atoms with Crippen molar-refractivity contribution in [3.63, 3.8) is 0 Å². The lowest BCUT2D eigenvalue weighted by atomic mass is 10.1. The maximum Gasteiger partial charge on any atom is 0.0135 e. The van der Waals surface area contributed by atoms with E-state index in [-0.39, 0.29) is 0 Å². The zero-order valence-corrected chi connectivity index (χ0v) is 8.69. The van der Waals surface area contributed by atoms with E-state index in [0.29, 0.717) is 0 Å². The van der Waals surface area contributed by atoms with E-state index >= 15 is 0 Å². The molecule has 1 rings (SSSR count). The van der Waals surface area contributed by atoms with E-state index in [2.05, 4.69) is 55.5 Å². The minimum Gasteiger partial charge on any atom is -0.0469 e. The van der Waals surface area contributed by atoms with Crippen LogP contribution < -0.4 is 0 Å². The monoisotopic (exact) mass is 246 g/mol. The lowest BCUT2D eigenvalue weighted by Gasteiger charge is -2.03. The van der Waals surface area contributed by atoms with E-state index in [1.165, 1.54) is 20.3 Å². The van der Waals surface area contributed by atoms with Gasteiger partial charge in [-0.15, -0.1) is 0 Å². The van der Waals surface area contributed by atoms with Gasteiger partial charge in [-0.2, -0.15) is 0 Å². The first-order valence-electron chi connectivity index (χ1n) is 3.34. The van der Waals surface area contributed by atoms with Crippen LogP contribution in [0.2, 0.25) is 0 Å². The van der Waals surface area contributed by atoms with E-state index in [1.807, 2.05) is 0 Å². The Labute approximate surface area is 75.8 Å². The van der Waals surface area contributed by atoms with Gasteiger partial charge in [0.05, 0.1) is 0 Å². The van der Waals surface area contributed by atoms with E-state index < -0.39 is 0 Å². The van der Waals surface area contributed by atoms with Gasteiger partial charge in [0.1, 0.15) is 0 Å². The minimum absolute atomic E-state index is 1.33. The number of aryl methyl sites for hydroxylation is 2. The molecule has 0 atom stereocenters. The molecule has 0 amide bonds. The number of hydrogen-bond donors (Lipinski definition) is 0. The highest BCUT2D eigenvalue weighted by atomic mass is 127. The van der Waals surface area contributed by atoms with E-state index in [0.717, 1.165) is 0 Å². The van der Waals surface area contributed by atoms with Crippen molar-refractivity contribution in [3.8, 4) is 0 Å². The Kier molecular flexibility index (Phi) is 2.34. The largest absolute Gasteiger partial charge is 0.0469 e. The van der Waals surface area contributed by atoms with E-state index in [1.54, 1.807) is 0 Å². The van der Waals surface area contributed by atoms with Gasteiger partial charge < -0.3 is 0 Å². The normalized spacial score (nSPS) is 10.0. The Morgan fingerprint density at radius 2 is 1.40 bits per heavy atom. The van der Waals surface area contributed by atoms with Crippen LogP contribution in [0.5, 0.6) is 0 Å². The Bertz CT molecular complexity index is 228. The van der Waals surface area contributed by atoms with Crippen LogP contribution in [0.15, 0.2) is 12.1 Å². The summed E-state index contributed by atoms with van der Waals surface area (Å²) in [7, 11) is 0. The molecule has 54 valence electrons. The molecule has 0 heterocycles. The van der Waals surface area contributed by atoms with Gasteiger partial charge in [0.15, 0.2) is 0 Å². The molecule has 0 spiro atoms. The third-order valence-corrected chi connectivity index (χ3v) is 2.51. The van der Waals surface area contributed by atoms with Crippen molar-refractivity contribution in [2.45, 2.75) is 20.8 Å². The average Bonchev–Trinajstić information content (AvgIpc) is 1.82. The summed E-state index contributed by atoms with van der Waals surface area (Å²) in [6.07, 6.45) is 0. The van der Waals surface area contributed by atoms with Crippen LogP contribution in [-0.2, 0) is 0 Å². The van der Waals surface area contributed by atoms with Crippen LogP contribution in [0.4, 0.5) is 0 Å². The molecule has 1 aromatic carbocycles. The van der Waals surface area contributed by atoms with Crippen LogP contribution in [0.3, 0.4) is 0 Å². The smallest absolute Gasteiger partial charge is 0.0135 e. The summed E-state index contributed by atoms with van der Waals surface area (Å²) in [5.41, 5.74) is 4.20. The fourth-order valence-electron chi connectivity index (χ4n) is 0.983. The molecule has 0 nitrogen and oxygen atoms in total. The molecule has 0 aliphatic heterocycles. The number of hydrogen-bond acceptors (Lipinski definition) is 0. The first-order valence-corrected chi connectivity index (χ1v) is 4.42. The summed E-state index contributed by atoms with van der Waals surface area (Å²) in [5, 5.41) is 0. The van der Waals surface area contributed by atoms with Crippen molar-refractivity contribution >= 4 is 22.6 Å². The summed E-state index contributed by atoms with van der Waals surface area (Å²) in [6.45, 7) is 6.48. The predicted octanol–water partition coefficient (Wildman–Crippen LogP) is 3.22. The number of benzene rings is 1. The molecule has 0 N–H and O–H groups in total. The average molecular weight is 246 g/mol. The van der Waals surface area contributed by atoms with Crippen LogP contribution in [0.1, 0.15) is 16.7 Å². The van der Waals surface area contributed by atoms with Crippen molar-refractivity contribution in [2.24, 2.45) is 0 Å². The van der Waals surface area contributed by atoms with Gasteiger partial charge in [0.2, 0.25) is 0 Å². The van der Waals surface area contributed by atoms with Crippen molar-refractivity contribution < 1.29 is 0 Å². The number of halogens is 1. The van der Waals surface area contributed by atoms with Crippen molar-refractivity contribution in [3.05, 3.63) is 32.4 Å². The van der Waals surface area contributed by atoms with Crippen LogP contribution in [0, 0.1) is 24.3 Å². The van der Waals surface area contributed by atoms with Gasteiger partial charge in [0.25, 0.3) is 0 Å². The predicted molar refractivity (Wildman–Crippen MR) is 53.4 cm³/mol. The van der Waals surface area contributed by atoms with Gasteiger partial charge in [-0.3, -0.25) is 0 Å². The molecule has 0 radical (unpaired) electrons. The zero-order chi connectivity index (χ0) is 7.72. The second-order valence-corrected chi connectivity index (χ2v) is 3.91. The van der Waals surface area contributed by atoms with Gasteiger partial charge >= 0.3 is 0 Å². The summed E-state index contributed by atoms with van der Waals surface area (Å²) in [5.74, 6) is 0. The molecule has 0 aromatic heterocycles. The third kappa shape index (κ3) is 1.51. The van der Waals surface area contributed by atoms with Gasteiger partial charge in [-0.25, -0.2) is 0 Å². The summed E-state index contributed by atoms with van der Waals surface area (Å²) < 4.78 is 1.33. The Morgan fingerprint density at radius 1 is 1.00 bits per heavy atom. The molecule has 0 fully saturated rings. The molecule has 0 aliphatic rings. The van der Waals surface area contributed by atoms with Crippen LogP contribution in [0.25, 0.3) is 0 Å². The SMILES string of the molecule is Cc1cc(I)cc(C)c1C. The molecular formula is C9H11I. The molecule has 0 saturated carbocycles. The molecule has 0 bridgehead atoms. The van der Waals surface area contributed by atoms with Gasteiger partial charge in [-0.1, -0.05) is 0 Å². The topological polar surface area (TPSA) is 0 Å². The van der Waals surface area contributed by atoms with E-state index in [4.69, 9.17) is 0 Å². The molecular weight excluding hydrogens is 235 g/mol. The summed E-state index contributed by atoms with van der Waals surface area (Å²) in [4.78, 5) is 0. The molecule has 10 heavy (non-hydrogen) atoms. The standard InChI is InChI=1S/C9H11I/c1-6-4-9(10)5-7(2)8(6)3/h4-5H,1-3H3. The number of rotatable bonds is 0. The second-order valence-electron chi connectivity index (χ2n) is 2.66. The summed E-state index contributed by atoms with van der Waals surface area (Å²) in [6, 6.07) is 4.42. The Morgan fingerprint density at radius 3 is 1.80 bits per heavy atom. The van der Waals surface area contributed by atoms with Gasteiger partial charge in [-0.05, 0) is 72.2 Å². The van der Waals surface area contributed by atoms with Crippen LogP contribution >= 0.6 is 22.6 Å². The maximum absolute atomic E-state index is 2.35. The minimum atomic E-state index is 1.33. The Balaban J connectivity index is 3.31. The second kappa shape index (κ2) is 2.91. The van der Waals surface area contributed by atoms with Crippen molar-refractivity contribution in [1.29, 1.82) is 0 Å². The lowest BCUT2D eigenvalue weighted by molar-refractivity contribution is 1.25. The van der Waals surface area contributed by atoms with Crippen LogP contribution in [-0.4, -0.2) is 0 Å². The first-order chi connectivity index (χ1) is 4.61. The van der Waals surface area contributed by atoms with Gasteiger partial charge in [0, 0.05) is 3.57 Å². The quantitative estimate of drug-likeness (QED) is 0.616. The molecule has 1 aromatic rings. The van der Waals surface area contributed by atoms with Crippen molar-refractivity contribution in [2.75, 3.05) is 0 Å². The van der Waals surface area contributed by atoms with E-state index in [9.17, 15) is 0 Å². The fourth-order valence-corrected chi connectivity index (χ4v) is 1.92. The third-order valence-electron chi connectivity index (χ3n) is 1.89. The first kappa shape index (κ1) is 8.05. The highest BCUT2D eigenvalue weighted by Gasteiger charge is 1.96. The van der Waals surface area contributed by atoms with Crippen molar-refractivity contribution in [1.82, 2.24) is 0 Å². The fraction of sp³-hybridized carbons (Fsp3) is 0.333. The zero-order valence-electron chi connectivity index (χ0n) is 6.53.